The first-order valence-corrected chi connectivity index (χ1v) is 5.75. The third-order valence-corrected chi connectivity index (χ3v) is 2.31. The van der Waals surface area contributed by atoms with Gasteiger partial charge in [0.2, 0.25) is 0 Å². The van der Waals surface area contributed by atoms with Crippen LogP contribution in [0.15, 0.2) is 18.2 Å². The van der Waals surface area contributed by atoms with Crippen LogP contribution in [0.25, 0.3) is 0 Å². The molecular weight excluding hydrogens is 250 g/mol. The number of hydrogen-bond acceptors (Lipinski definition) is 6. The van der Waals surface area contributed by atoms with E-state index in [0.717, 1.165) is 0 Å². The van der Waals surface area contributed by atoms with Gasteiger partial charge in [0, 0.05) is 19.9 Å². The van der Waals surface area contributed by atoms with Gasteiger partial charge in [0.15, 0.2) is 11.5 Å². The average molecular weight is 267 g/mol. The van der Waals surface area contributed by atoms with Crippen molar-refractivity contribution < 1.29 is 24.2 Å². The molecule has 0 aliphatic carbocycles. The van der Waals surface area contributed by atoms with Crippen LogP contribution in [0.4, 0.5) is 0 Å². The predicted molar refractivity (Wildman–Crippen MR) is 67.7 cm³/mol. The summed E-state index contributed by atoms with van der Waals surface area (Å²) in [7, 11) is 0. The smallest absolute Gasteiger partial charge is 0.308 e. The molecule has 0 aliphatic heterocycles. The summed E-state index contributed by atoms with van der Waals surface area (Å²) in [5.74, 6) is -0.905. The number of rotatable bonds is 4. The normalized spacial score (nSPS) is 13.5. The third-order valence-electron chi connectivity index (χ3n) is 2.31. The lowest BCUT2D eigenvalue weighted by atomic mass is 10.0. The van der Waals surface area contributed by atoms with Gasteiger partial charge in [0.25, 0.3) is 0 Å². The van der Waals surface area contributed by atoms with E-state index in [1.807, 2.05) is 0 Å². The molecule has 0 heterocycles. The molecule has 104 valence electrons. The highest BCUT2D eigenvalue weighted by molar-refractivity contribution is 5.73. The summed E-state index contributed by atoms with van der Waals surface area (Å²) < 4.78 is 9.86. The van der Waals surface area contributed by atoms with Crippen LogP contribution in [0.5, 0.6) is 11.5 Å². The minimum Gasteiger partial charge on any atom is -0.423 e. The van der Waals surface area contributed by atoms with E-state index in [1.165, 1.54) is 26.0 Å². The molecule has 0 aromatic heterocycles. The van der Waals surface area contributed by atoms with Crippen molar-refractivity contribution >= 4 is 11.9 Å². The zero-order valence-corrected chi connectivity index (χ0v) is 11.0. The predicted octanol–water partition coefficient (Wildman–Crippen LogP) is 0.918. The molecule has 1 aromatic rings. The Hall–Kier alpha value is -1.92. The molecular formula is C13H17NO5. The summed E-state index contributed by atoms with van der Waals surface area (Å²) in [6, 6.07) is 3.94. The second-order valence-corrected chi connectivity index (χ2v) is 4.20. The third kappa shape index (κ3) is 4.35. The van der Waals surface area contributed by atoms with Crippen molar-refractivity contribution in [1.82, 2.24) is 0 Å². The first kappa shape index (κ1) is 15.1. The molecule has 6 nitrogen and oxygen atoms in total. The van der Waals surface area contributed by atoms with Crippen LogP contribution in [-0.4, -0.2) is 23.1 Å². The van der Waals surface area contributed by atoms with E-state index in [2.05, 4.69) is 0 Å². The molecule has 3 N–H and O–H groups in total. The zero-order valence-electron chi connectivity index (χ0n) is 11.0. The van der Waals surface area contributed by atoms with Crippen LogP contribution in [0, 0.1) is 0 Å². The number of aliphatic hydroxyl groups excluding tert-OH is 1. The highest BCUT2D eigenvalue weighted by Gasteiger charge is 2.17. The Morgan fingerprint density at radius 2 is 1.68 bits per heavy atom. The number of ether oxygens (including phenoxy) is 2. The van der Waals surface area contributed by atoms with Gasteiger partial charge in [-0.05, 0) is 24.6 Å². The molecule has 2 atom stereocenters. The van der Waals surface area contributed by atoms with E-state index in [1.54, 1.807) is 13.0 Å². The van der Waals surface area contributed by atoms with Crippen molar-refractivity contribution in [2.45, 2.75) is 32.9 Å². The van der Waals surface area contributed by atoms with E-state index in [-0.39, 0.29) is 11.5 Å². The van der Waals surface area contributed by atoms with Gasteiger partial charge in [-0.3, -0.25) is 9.59 Å². The van der Waals surface area contributed by atoms with Gasteiger partial charge in [0.05, 0.1) is 6.10 Å². The van der Waals surface area contributed by atoms with Crippen LogP contribution in [0.1, 0.15) is 32.4 Å². The lowest BCUT2D eigenvalue weighted by molar-refractivity contribution is -0.134. The van der Waals surface area contributed by atoms with Gasteiger partial charge in [-0.2, -0.15) is 0 Å². The minimum absolute atomic E-state index is 0.0694. The molecule has 19 heavy (non-hydrogen) atoms. The van der Waals surface area contributed by atoms with Gasteiger partial charge in [-0.25, -0.2) is 0 Å². The van der Waals surface area contributed by atoms with E-state index >= 15 is 0 Å². The van der Waals surface area contributed by atoms with Crippen LogP contribution in [0.3, 0.4) is 0 Å². The molecule has 6 heteroatoms. The molecule has 0 amide bonds. The van der Waals surface area contributed by atoms with Gasteiger partial charge in [-0.15, -0.1) is 0 Å². The highest BCUT2D eigenvalue weighted by atomic mass is 16.6. The second-order valence-electron chi connectivity index (χ2n) is 4.20. The average Bonchev–Trinajstić information content (AvgIpc) is 2.29. The summed E-state index contributed by atoms with van der Waals surface area (Å²) >= 11 is 0. The maximum atomic E-state index is 11.0. The maximum absolute atomic E-state index is 11.0. The fourth-order valence-electron chi connectivity index (χ4n) is 1.49. The Morgan fingerprint density at radius 3 is 2.16 bits per heavy atom. The van der Waals surface area contributed by atoms with Crippen molar-refractivity contribution in [3.05, 3.63) is 23.8 Å². The Balaban J connectivity index is 3.14. The van der Waals surface area contributed by atoms with Gasteiger partial charge in [-0.1, -0.05) is 6.07 Å². The molecule has 0 bridgehead atoms. The zero-order chi connectivity index (χ0) is 14.6. The molecule has 0 saturated heterocycles. The fraction of sp³-hybridized carbons (Fsp3) is 0.385. The first-order valence-electron chi connectivity index (χ1n) is 5.75. The number of hydrogen-bond donors (Lipinski definition) is 2. The number of nitrogens with two attached hydrogens (primary N) is 1. The number of esters is 2. The second kappa shape index (κ2) is 6.31. The van der Waals surface area contributed by atoms with E-state index < -0.39 is 24.1 Å². The topological polar surface area (TPSA) is 98.8 Å². The highest BCUT2D eigenvalue weighted by Crippen LogP contribution is 2.31. The van der Waals surface area contributed by atoms with Crippen molar-refractivity contribution in [1.29, 1.82) is 0 Å². The molecule has 2 unspecified atom stereocenters. The lowest BCUT2D eigenvalue weighted by Crippen LogP contribution is -2.24. The summed E-state index contributed by atoms with van der Waals surface area (Å²) in [6.07, 6.45) is -0.902. The Morgan fingerprint density at radius 1 is 1.16 bits per heavy atom. The SMILES string of the molecule is CC(=O)Oc1ccc(C(O)C(C)N)cc1OC(C)=O. The van der Waals surface area contributed by atoms with E-state index in [0.29, 0.717) is 5.56 Å². The van der Waals surface area contributed by atoms with E-state index in [4.69, 9.17) is 15.2 Å². The monoisotopic (exact) mass is 267 g/mol. The summed E-state index contributed by atoms with van der Waals surface area (Å²) in [4.78, 5) is 22.0. The Bertz CT molecular complexity index is 484. The Labute approximate surface area is 111 Å². The van der Waals surface area contributed by atoms with Crippen LogP contribution in [-0.2, 0) is 9.59 Å². The first-order chi connectivity index (χ1) is 8.81. The number of benzene rings is 1. The van der Waals surface area contributed by atoms with Crippen molar-refractivity contribution in [2.24, 2.45) is 5.73 Å². The van der Waals surface area contributed by atoms with Crippen molar-refractivity contribution in [2.75, 3.05) is 0 Å². The van der Waals surface area contributed by atoms with Gasteiger partial charge < -0.3 is 20.3 Å². The number of carbonyl (C=O) groups is 2. The molecule has 0 radical (unpaired) electrons. The number of carbonyl (C=O) groups excluding carboxylic acids is 2. The summed E-state index contributed by atoms with van der Waals surface area (Å²) in [5, 5.41) is 9.86. The molecule has 0 aliphatic rings. The molecule has 1 aromatic carbocycles. The largest absolute Gasteiger partial charge is 0.423 e. The summed E-state index contributed by atoms with van der Waals surface area (Å²) in [5.41, 5.74) is 6.07. The standard InChI is InChI=1S/C13H17NO5/c1-7(14)13(17)10-4-5-11(18-8(2)15)12(6-10)19-9(3)16/h4-7,13,17H,14H2,1-3H3. The molecule has 1 rings (SSSR count). The lowest BCUT2D eigenvalue weighted by Gasteiger charge is -2.17. The minimum atomic E-state index is -0.902. The van der Waals surface area contributed by atoms with Gasteiger partial charge in [0.1, 0.15) is 0 Å². The van der Waals surface area contributed by atoms with Crippen molar-refractivity contribution in [3.8, 4) is 11.5 Å². The summed E-state index contributed by atoms with van der Waals surface area (Å²) in [6.45, 7) is 4.12. The van der Waals surface area contributed by atoms with Crippen molar-refractivity contribution in [3.63, 3.8) is 0 Å². The van der Waals surface area contributed by atoms with Crippen LogP contribution >= 0.6 is 0 Å². The molecule has 0 saturated carbocycles. The van der Waals surface area contributed by atoms with Crippen LogP contribution in [0.2, 0.25) is 0 Å². The molecule has 0 fully saturated rings. The van der Waals surface area contributed by atoms with E-state index in [9.17, 15) is 14.7 Å². The molecule has 0 spiro atoms. The fourth-order valence-corrected chi connectivity index (χ4v) is 1.49. The Kier molecular flexibility index (Phi) is 5.02. The quantitative estimate of drug-likeness (QED) is 0.621. The number of aliphatic hydroxyl groups is 1. The van der Waals surface area contributed by atoms with Gasteiger partial charge >= 0.3 is 11.9 Å². The van der Waals surface area contributed by atoms with Crippen LogP contribution < -0.4 is 15.2 Å². The maximum Gasteiger partial charge on any atom is 0.308 e.